The van der Waals surface area contributed by atoms with E-state index in [0.29, 0.717) is 27.8 Å². The van der Waals surface area contributed by atoms with Gasteiger partial charge in [0.15, 0.2) is 5.78 Å². The maximum absolute atomic E-state index is 12.2. The fourth-order valence-electron chi connectivity index (χ4n) is 3.47. The summed E-state index contributed by atoms with van der Waals surface area (Å²) in [6.07, 6.45) is 2.89. The molecule has 1 spiro atoms. The van der Waals surface area contributed by atoms with E-state index in [1.165, 1.54) is 12.1 Å². The number of hydrogen-bond donors (Lipinski definition) is 2. The Morgan fingerprint density at radius 3 is 2.44 bits per heavy atom. The molecule has 1 heterocycles. The summed E-state index contributed by atoms with van der Waals surface area (Å²) in [5.74, 6) is -0.573. The van der Waals surface area contributed by atoms with E-state index in [1.807, 2.05) is 0 Å². The van der Waals surface area contributed by atoms with Gasteiger partial charge in [0.25, 0.3) is 5.79 Å². The van der Waals surface area contributed by atoms with Gasteiger partial charge in [-0.1, -0.05) is 18.2 Å². The minimum atomic E-state index is -1.35. The van der Waals surface area contributed by atoms with Crippen molar-refractivity contribution >= 4 is 16.6 Å². The van der Waals surface area contributed by atoms with Crippen LogP contribution in [-0.2, 0) is 5.79 Å². The van der Waals surface area contributed by atoms with E-state index in [-0.39, 0.29) is 22.8 Å². The number of carbonyl (C=O) groups is 1. The zero-order valence-electron chi connectivity index (χ0n) is 12.9. The van der Waals surface area contributed by atoms with Gasteiger partial charge in [-0.05, 0) is 36.4 Å². The summed E-state index contributed by atoms with van der Waals surface area (Å²) in [6, 6.07) is 13.4. The van der Waals surface area contributed by atoms with E-state index >= 15 is 0 Å². The molecule has 0 aromatic heterocycles. The number of hydrogen-bond acceptors (Lipinski definition) is 5. The zero-order valence-corrected chi connectivity index (χ0v) is 12.9. The van der Waals surface area contributed by atoms with Crippen molar-refractivity contribution in [1.82, 2.24) is 0 Å². The molecule has 0 amide bonds. The number of phenolic OH excluding ortho intramolecular Hbond substituents is 2. The third-order valence-electron chi connectivity index (χ3n) is 4.58. The molecule has 1 atom stereocenters. The molecule has 1 unspecified atom stereocenters. The molecule has 25 heavy (non-hydrogen) atoms. The third-order valence-corrected chi connectivity index (χ3v) is 4.58. The average molecular weight is 332 g/mol. The zero-order chi connectivity index (χ0) is 17.2. The molecule has 5 nitrogen and oxygen atoms in total. The number of carbonyl (C=O) groups excluding carboxylic acids is 1. The normalized spacial score (nSPS) is 20.2. The van der Waals surface area contributed by atoms with Gasteiger partial charge in [0.1, 0.15) is 23.0 Å². The fourth-order valence-corrected chi connectivity index (χ4v) is 3.47. The SMILES string of the molecule is O=C1C=CC2(Oc3cccc4c(O)ccc(c34)O2)c2cccc(O)c21. The Hall–Kier alpha value is -3.47. The number of ether oxygens (including phenoxy) is 2. The molecule has 0 fully saturated rings. The molecule has 2 N–H and O–H groups in total. The molecule has 3 aromatic rings. The second-order valence-electron chi connectivity index (χ2n) is 6.03. The standard InChI is InChI=1S/C20H12O5/c21-13-7-8-17-18-11(13)3-1-6-16(18)24-20(25-17)10-9-15(23)19-12(20)4-2-5-14(19)22/h1-10,21-22H. The molecular formula is C20H12O5. The van der Waals surface area contributed by atoms with Crippen LogP contribution in [0.2, 0.25) is 0 Å². The molecule has 122 valence electrons. The van der Waals surface area contributed by atoms with E-state index in [1.54, 1.807) is 48.5 Å². The number of benzene rings is 3. The summed E-state index contributed by atoms with van der Waals surface area (Å²) >= 11 is 0. The van der Waals surface area contributed by atoms with Gasteiger partial charge in [0, 0.05) is 11.5 Å². The fraction of sp³-hybridized carbons (Fsp3) is 0.0500. The molecule has 0 radical (unpaired) electrons. The molecule has 3 aromatic carbocycles. The lowest BCUT2D eigenvalue weighted by Gasteiger charge is -2.39. The predicted octanol–water partition coefficient (Wildman–Crippen LogP) is 3.63. The van der Waals surface area contributed by atoms with E-state index < -0.39 is 5.79 Å². The van der Waals surface area contributed by atoms with Crippen LogP contribution in [0.3, 0.4) is 0 Å². The summed E-state index contributed by atoms with van der Waals surface area (Å²) in [5, 5.41) is 21.5. The molecule has 0 saturated carbocycles. The highest BCUT2D eigenvalue weighted by Gasteiger charge is 2.45. The number of aromatic hydroxyl groups is 2. The van der Waals surface area contributed by atoms with Gasteiger partial charge >= 0.3 is 0 Å². The summed E-state index contributed by atoms with van der Waals surface area (Å²) in [4.78, 5) is 12.2. The Morgan fingerprint density at radius 1 is 0.840 bits per heavy atom. The summed E-state index contributed by atoms with van der Waals surface area (Å²) < 4.78 is 12.3. The first-order valence-electron chi connectivity index (χ1n) is 7.78. The van der Waals surface area contributed by atoms with Gasteiger partial charge in [0.2, 0.25) is 0 Å². The maximum Gasteiger partial charge on any atom is 0.299 e. The largest absolute Gasteiger partial charge is 0.507 e. The number of allylic oxidation sites excluding steroid dienone is 1. The van der Waals surface area contributed by atoms with Crippen LogP contribution in [0.1, 0.15) is 15.9 Å². The molecule has 5 heteroatoms. The van der Waals surface area contributed by atoms with Crippen LogP contribution in [-0.4, -0.2) is 16.0 Å². The Labute approximate surface area is 142 Å². The number of rotatable bonds is 0. The smallest absolute Gasteiger partial charge is 0.299 e. The Balaban J connectivity index is 1.79. The minimum absolute atomic E-state index is 0.117. The van der Waals surface area contributed by atoms with Crippen molar-refractivity contribution in [3.63, 3.8) is 0 Å². The molecule has 5 rings (SSSR count). The van der Waals surface area contributed by atoms with Crippen LogP contribution in [0.4, 0.5) is 0 Å². The van der Waals surface area contributed by atoms with E-state index in [2.05, 4.69) is 0 Å². The van der Waals surface area contributed by atoms with Crippen molar-refractivity contribution in [2.75, 3.05) is 0 Å². The first kappa shape index (κ1) is 13.9. The van der Waals surface area contributed by atoms with E-state index in [0.717, 1.165) is 0 Å². The van der Waals surface area contributed by atoms with Crippen molar-refractivity contribution in [3.05, 3.63) is 71.8 Å². The number of fused-ring (bicyclic) bond motifs is 2. The van der Waals surface area contributed by atoms with Crippen LogP contribution in [0.15, 0.2) is 60.7 Å². The summed E-state index contributed by atoms with van der Waals surface area (Å²) in [7, 11) is 0. The van der Waals surface area contributed by atoms with Gasteiger partial charge in [-0.2, -0.15) is 0 Å². The van der Waals surface area contributed by atoms with Gasteiger partial charge in [0.05, 0.1) is 16.5 Å². The lowest BCUT2D eigenvalue weighted by molar-refractivity contribution is -0.0840. The predicted molar refractivity (Wildman–Crippen MR) is 90.1 cm³/mol. The molecule has 0 saturated heterocycles. The highest BCUT2D eigenvalue weighted by atomic mass is 16.7. The summed E-state index contributed by atoms with van der Waals surface area (Å²) in [5.41, 5.74) is 0.607. The molecule has 1 aliphatic carbocycles. The monoisotopic (exact) mass is 332 g/mol. The highest BCUT2D eigenvalue weighted by molar-refractivity contribution is 6.09. The van der Waals surface area contributed by atoms with E-state index in [9.17, 15) is 15.0 Å². The second-order valence-corrected chi connectivity index (χ2v) is 6.03. The second kappa shape index (κ2) is 4.54. The maximum atomic E-state index is 12.2. The average Bonchev–Trinajstić information content (AvgIpc) is 2.62. The van der Waals surface area contributed by atoms with Crippen molar-refractivity contribution in [2.24, 2.45) is 0 Å². The van der Waals surface area contributed by atoms with Gasteiger partial charge < -0.3 is 19.7 Å². The van der Waals surface area contributed by atoms with Crippen molar-refractivity contribution in [1.29, 1.82) is 0 Å². The van der Waals surface area contributed by atoms with Crippen LogP contribution in [0.25, 0.3) is 10.8 Å². The molecular weight excluding hydrogens is 320 g/mol. The Kier molecular flexibility index (Phi) is 2.53. The van der Waals surface area contributed by atoms with Crippen LogP contribution in [0.5, 0.6) is 23.0 Å². The topological polar surface area (TPSA) is 76.0 Å². The van der Waals surface area contributed by atoms with Crippen molar-refractivity contribution < 1.29 is 24.5 Å². The summed E-state index contributed by atoms with van der Waals surface area (Å²) in [6.45, 7) is 0. The quantitative estimate of drug-likeness (QED) is 0.657. The van der Waals surface area contributed by atoms with Gasteiger partial charge in [-0.3, -0.25) is 4.79 Å². The lowest BCUT2D eigenvalue weighted by Crippen LogP contribution is -2.42. The van der Waals surface area contributed by atoms with Gasteiger partial charge in [-0.25, -0.2) is 0 Å². The van der Waals surface area contributed by atoms with E-state index in [4.69, 9.17) is 9.47 Å². The molecule has 2 aliphatic rings. The minimum Gasteiger partial charge on any atom is -0.507 e. The first-order valence-corrected chi connectivity index (χ1v) is 7.78. The number of ketones is 1. The molecule has 1 aliphatic heterocycles. The molecule has 0 bridgehead atoms. The lowest BCUT2D eigenvalue weighted by atomic mass is 9.89. The van der Waals surface area contributed by atoms with Crippen molar-refractivity contribution in [3.8, 4) is 23.0 Å². The first-order chi connectivity index (χ1) is 12.1. The van der Waals surface area contributed by atoms with Crippen LogP contribution in [0, 0.1) is 0 Å². The Morgan fingerprint density at radius 2 is 1.60 bits per heavy atom. The Bertz CT molecular complexity index is 1080. The van der Waals surface area contributed by atoms with Crippen LogP contribution >= 0.6 is 0 Å². The van der Waals surface area contributed by atoms with Gasteiger partial charge in [-0.15, -0.1) is 0 Å². The van der Waals surface area contributed by atoms with Crippen molar-refractivity contribution in [2.45, 2.75) is 5.79 Å². The third kappa shape index (κ3) is 1.75. The van der Waals surface area contributed by atoms with Crippen LogP contribution < -0.4 is 9.47 Å². The number of phenols is 2. The highest BCUT2D eigenvalue weighted by Crippen LogP contribution is 2.49.